The number of sulfonamides is 1. The summed E-state index contributed by atoms with van der Waals surface area (Å²) >= 11 is 0. The molecule has 0 radical (unpaired) electrons. The van der Waals surface area contributed by atoms with Crippen molar-refractivity contribution in [2.45, 2.75) is 50.1 Å². The lowest BCUT2D eigenvalue weighted by Gasteiger charge is -2.37. The molecule has 43 heavy (non-hydrogen) atoms. The summed E-state index contributed by atoms with van der Waals surface area (Å²) in [5, 5.41) is 2.87. The maximum absolute atomic E-state index is 13.6. The molecular formula is C31H34N4O7S. The molecule has 226 valence electrons. The van der Waals surface area contributed by atoms with Crippen LogP contribution in [0.25, 0.3) is 11.1 Å². The van der Waals surface area contributed by atoms with E-state index in [0.29, 0.717) is 36.0 Å². The molecule has 2 N–H and O–H groups in total. The lowest BCUT2D eigenvalue weighted by molar-refractivity contribution is -0.157. The number of nitrogens with one attached hydrogen (secondary N) is 2. The predicted octanol–water partition coefficient (Wildman–Crippen LogP) is 3.06. The minimum absolute atomic E-state index is 0.0284. The topological polar surface area (TPSA) is 152 Å². The molecule has 0 aliphatic carbocycles. The summed E-state index contributed by atoms with van der Waals surface area (Å²) in [6.07, 6.45) is 4.49. The van der Waals surface area contributed by atoms with Gasteiger partial charge in [-0.25, -0.2) is 17.9 Å². The third-order valence-corrected chi connectivity index (χ3v) is 8.96. The van der Waals surface area contributed by atoms with Gasteiger partial charge in [0, 0.05) is 49.3 Å². The lowest BCUT2D eigenvalue weighted by Crippen LogP contribution is -2.65. The van der Waals surface area contributed by atoms with Crippen LogP contribution in [0.15, 0.2) is 78.0 Å². The van der Waals surface area contributed by atoms with Crippen LogP contribution in [-0.2, 0) is 35.6 Å². The second-order valence-corrected chi connectivity index (χ2v) is 12.0. The molecule has 3 aromatic rings. The van der Waals surface area contributed by atoms with Gasteiger partial charge in [0.25, 0.3) is 15.9 Å². The zero-order valence-corrected chi connectivity index (χ0v) is 25.0. The second kappa shape index (κ2) is 13.2. The maximum Gasteiger partial charge on any atom is 0.352 e. The highest BCUT2D eigenvalue weighted by Gasteiger charge is 2.52. The number of rotatable bonds is 10. The standard InChI is InChI=1S/C31H34N4O7S/c1-4-23(20-22-10-12-24(13-11-22)26-8-5-6-9-27(26)43(40,41)34-21(2)36)28(37)33-31(30(39)42-3)16-7-19-35(31)29(38)25-14-17-32-18-15-25/h5-6,8-15,17-18,23H,4,7,16,19-20H2,1-3H3,(H,33,37)(H,34,36)/t23-,31-/m0/s1. The monoisotopic (exact) mass is 606 g/mol. The molecule has 2 heterocycles. The van der Waals surface area contributed by atoms with Crippen LogP contribution in [0.3, 0.4) is 0 Å². The molecule has 1 saturated heterocycles. The van der Waals surface area contributed by atoms with Crippen molar-refractivity contribution in [2.75, 3.05) is 13.7 Å². The van der Waals surface area contributed by atoms with Gasteiger partial charge in [0.15, 0.2) is 0 Å². The van der Waals surface area contributed by atoms with E-state index in [1.165, 1.54) is 30.5 Å². The van der Waals surface area contributed by atoms with Gasteiger partial charge in [0.1, 0.15) is 0 Å². The van der Waals surface area contributed by atoms with E-state index in [-0.39, 0.29) is 17.9 Å². The van der Waals surface area contributed by atoms with E-state index >= 15 is 0 Å². The van der Waals surface area contributed by atoms with Crippen molar-refractivity contribution in [1.82, 2.24) is 19.9 Å². The van der Waals surface area contributed by atoms with Gasteiger partial charge in [-0.15, -0.1) is 0 Å². The minimum atomic E-state index is -4.06. The summed E-state index contributed by atoms with van der Waals surface area (Å²) in [7, 11) is -2.83. The van der Waals surface area contributed by atoms with Gasteiger partial charge in [0.05, 0.1) is 12.0 Å². The Morgan fingerprint density at radius 3 is 2.33 bits per heavy atom. The maximum atomic E-state index is 13.6. The number of likely N-dealkylation sites (tertiary alicyclic amines) is 1. The van der Waals surface area contributed by atoms with Crippen molar-refractivity contribution in [3.8, 4) is 11.1 Å². The summed E-state index contributed by atoms with van der Waals surface area (Å²) < 4.78 is 32.5. The largest absolute Gasteiger partial charge is 0.466 e. The van der Waals surface area contributed by atoms with Crippen LogP contribution >= 0.6 is 0 Å². The van der Waals surface area contributed by atoms with Crippen LogP contribution in [0.4, 0.5) is 0 Å². The smallest absolute Gasteiger partial charge is 0.352 e. The number of benzene rings is 2. The molecule has 2 atom stereocenters. The van der Waals surface area contributed by atoms with E-state index in [1.807, 2.05) is 11.6 Å². The van der Waals surface area contributed by atoms with Crippen molar-refractivity contribution in [3.05, 3.63) is 84.2 Å². The van der Waals surface area contributed by atoms with Crippen LogP contribution in [0, 0.1) is 5.92 Å². The number of methoxy groups -OCH3 is 1. The Morgan fingerprint density at radius 1 is 1.02 bits per heavy atom. The molecule has 3 amide bonds. The summed E-state index contributed by atoms with van der Waals surface area (Å²) in [4.78, 5) is 56.8. The van der Waals surface area contributed by atoms with E-state index in [1.54, 1.807) is 54.6 Å². The SMILES string of the molecule is CC[C@@H](Cc1ccc(-c2ccccc2S(=O)(=O)NC(C)=O)cc1)C(=O)N[C@@]1(C(=O)OC)CCCN1C(=O)c1ccncc1. The van der Waals surface area contributed by atoms with Crippen molar-refractivity contribution in [2.24, 2.45) is 5.92 Å². The van der Waals surface area contributed by atoms with Crippen LogP contribution in [0.1, 0.15) is 49.0 Å². The van der Waals surface area contributed by atoms with Crippen molar-refractivity contribution >= 4 is 33.7 Å². The molecule has 1 aliphatic rings. The van der Waals surface area contributed by atoms with Crippen LogP contribution in [0.5, 0.6) is 0 Å². The Bertz CT molecular complexity index is 1610. The molecule has 1 aliphatic heterocycles. The Labute approximate surface area is 250 Å². The Hall–Kier alpha value is -4.58. The van der Waals surface area contributed by atoms with Crippen molar-refractivity contribution in [1.29, 1.82) is 0 Å². The van der Waals surface area contributed by atoms with Gasteiger partial charge in [-0.3, -0.25) is 19.4 Å². The predicted molar refractivity (Wildman–Crippen MR) is 158 cm³/mol. The number of amides is 3. The molecule has 1 aromatic heterocycles. The number of esters is 1. The molecule has 2 aromatic carbocycles. The quantitative estimate of drug-likeness (QED) is 0.334. The number of aromatic nitrogens is 1. The highest BCUT2D eigenvalue weighted by molar-refractivity contribution is 7.90. The van der Waals surface area contributed by atoms with E-state index in [0.717, 1.165) is 12.5 Å². The zero-order chi connectivity index (χ0) is 31.2. The highest BCUT2D eigenvalue weighted by Crippen LogP contribution is 2.32. The van der Waals surface area contributed by atoms with E-state index < -0.39 is 45.3 Å². The molecule has 0 saturated carbocycles. The normalized spacial score (nSPS) is 17.1. The zero-order valence-electron chi connectivity index (χ0n) is 24.2. The number of ether oxygens (including phenoxy) is 1. The van der Waals surface area contributed by atoms with Crippen LogP contribution < -0.4 is 10.0 Å². The van der Waals surface area contributed by atoms with Crippen molar-refractivity contribution < 1.29 is 32.3 Å². The fourth-order valence-electron chi connectivity index (χ4n) is 5.32. The van der Waals surface area contributed by atoms with Gasteiger partial charge >= 0.3 is 5.97 Å². The average molecular weight is 607 g/mol. The van der Waals surface area contributed by atoms with Crippen LogP contribution in [-0.4, -0.2) is 61.3 Å². The molecular weight excluding hydrogens is 572 g/mol. The third-order valence-electron chi connectivity index (χ3n) is 7.47. The Balaban J connectivity index is 1.55. The first-order chi connectivity index (χ1) is 20.5. The van der Waals surface area contributed by atoms with E-state index in [9.17, 15) is 27.6 Å². The summed E-state index contributed by atoms with van der Waals surface area (Å²) in [6, 6.07) is 16.6. The van der Waals surface area contributed by atoms with Crippen LogP contribution in [0.2, 0.25) is 0 Å². The first-order valence-electron chi connectivity index (χ1n) is 13.9. The molecule has 0 unspecified atom stereocenters. The number of pyridine rings is 1. The molecule has 0 bridgehead atoms. The molecule has 1 fully saturated rings. The average Bonchev–Trinajstić information content (AvgIpc) is 3.43. The third kappa shape index (κ3) is 6.75. The second-order valence-electron chi connectivity index (χ2n) is 10.3. The Morgan fingerprint density at radius 2 is 1.70 bits per heavy atom. The molecule has 12 heteroatoms. The number of carbonyl (C=O) groups excluding carboxylic acids is 4. The van der Waals surface area contributed by atoms with Gasteiger partial charge in [-0.05, 0) is 48.6 Å². The van der Waals surface area contributed by atoms with Gasteiger partial charge in [-0.1, -0.05) is 49.4 Å². The van der Waals surface area contributed by atoms with E-state index in [2.05, 4.69) is 10.3 Å². The van der Waals surface area contributed by atoms with Gasteiger partial charge < -0.3 is 15.0 Å². The number of hydrogen-bond donors (Lipinski definition) is 2. The number of nitrogens with zero attached hydrogens (tertiary/aromatic N) is 2. The molecule has 0 spiro atoms. The highest BCUT2D eigenvalue weighted by atomic mass is 32.2. The Kier molecular flexibility index (Phi) is 9.59. The fourth-order valence-corrected chi connectivity index (χ4v) is 6.54. The lowest BCUT2D eigenvalue weighted by atomic mass is 9.93. The van der Waals surface area contributed by atoms with Gasteiger partial charge in [-0.2, -0.15) is 0 Å². The first kappa shape index (κ1) is 31.4. The first-order valence-corrected chi connectivity index (χ1v) is 15.3. The van der Waals surface area contributed by atoms with Gasteiger partial charge in [0.2, 0.25) is 17.5 Å². The number of hydrogen-bond acceptors (Lipinski definition) is 8. The molecule has 11 nitrogen and oxygen atoms in total. The molecule has 4 rings (SSSR count). The minimum Gasteiger partial charge on any atom is -0.466 e. The summed E-state index contributed by atoms with van der Waals surface area (Å²) in [6.45, 7) is 3.26. The van der Waals surface area contributed by atoms with Crippen molar-refractivity contribution in [3.63, 3.8) is 0 Å². The number of carbonyl (C=O) groups is 4. The fraction of sp³-hybridized carbons (Fsp3) is 0.323. The summed E-state index contributed by atoms with van der Waals surface area (Å²) in [5.41, 5.74) is 0.570. The summed E-state index contributed by atoms with van der Waals surface area (Å²) in [5.74, 6) is -2.73. The van der Waals surface area contributed by atoms with E-state index in [4.69, 9.17) is 4.74 Å².